The van der Waals surface area contributed by atoms with Crippen molar-refractivity contribution in [2.75, 3.05) is 12.4 Å². The molecule has 0 fully saturated rings. The molecular formula is C17H12FNO4S. The summed E-state index contributed by atoms with van der Waals surface area (Å²) in [7, 11) is 1.29. The lowest BCUT2D eigenvalue weighted by atomic mass is 10.1. The number of ether oxygens (including phenoxy) is 1. The second-order valence-electron chi connectivity index (χ2n) is 4.75. The molecule has 0 unspecified atom stereocenters. The van der Waals surface area contributed by atoms with Crippen molar-refractivity contribution in [3.63, 3.8) is 0 Å². The van der Waals surface area contributed by atoms with Crippen LogP contribution in [0.5, 0.6) is 0 Å². The van der Waals surface area contributed by atoms with Crippen LogP contribution in [0.25, 0.3) is 11.3 Å². The number of benzene rings is 1. The first kappa shape index (κ1) is 15.9. The maximum absolute atomic E-state index is 13.7. The Morgan fingerprint density at radius 1 is 1.12 bits per heavy atom. The maximum Gasteiger partial charge on any atom is 0.348 e. The molecule has 0 atom stereocenters. The van der Waals surface area contributed by atoms with Crippen molar-refractivity contribution in [3.05, 3.63) is 65.0 Å². The second-order valence-corrected chi connectivity index (χ2v) is 5.84. The van der Waals surface area contributed by atoms with Crippen LogP contribution in [-0.4, -0.2) is 19.0 Å². The van der Waals surface area contributed by atoms with Gasteiger partial charge in [-0.3, -0.25) is 4.79 Å². The van der Waals surface area contributed by atoms with Gasteiger partial charge in [-0.1, -0.05) is 12.1 Å². The molecule has 0 aliphatic heterocycles. The Hall–Kier alpha value is -2.93. The topological polar surface area (TPSA) is 68.5 Å². The molecule has 0 aliphatic rings. The summed E-state index contributed by atoms with van der Waals surface area (Å²) >= 11 is 1.09. The summed E-state index contributed by atoms with van der Waals surface area (Å²) < 4.78 is 23.8. The van der Waals surface area contributed by atoms with Gasteiger partial charge in [-0.25, -0.2) is 9.18 Å². The van der Waals surface area contributed by atoms with Crippen LogP contribution in [0.2, 0.25) is 0 Å². The van der Waals surface area contributed by atoms with Crippen molar-refractivity contribution in [1.29, 1.82) is 0 Å². The lowest BCUT2D eigenvalue weighted by molar-refractivity contribution is 0.0606. The lowest BCUT2D eigenvalue weighted by Gasteiger charge is -2.00. The van der Waals surface area contributed by atoms with Gasteiger partial charge in [0.1, 0.15) is 16.5 Å². The minimum Gasteiger partial charge on any atom is -0.465 e. The van der Waals surface area contributed by atoms with Gasteiger partial charge >= 0.3 is 5.97 Å². The van der Waals surface area contributed by atoms with Gasteiger partial charge in [0.25, 0.3) is 5.91 Å². The largest absolute Gasteiger partial charge is 0.465 e. The van der Waals surface area contributed by atoms with Gasteiger partial charge in [0.15, 0.2) is 5.76 Å². The zero-order valence-corrected chi connectivity index (χ0v) is 13.4. The summed E-state index contributed by atoms with van der Waals surface area (Å²) in [6, 6.07) is 12.3. The Morgan fingerprint density at radius 2 is 1.92 bits per heavy atom. The SMILES string of the molecule is COC(=O)c1ccc(NC(=O)c2ccc(-c3ccccc3F)o2)s1. The number of nitrogens with one attached hydrogen (secondary N) is 1. The van der Waals surface area contributed by atoms with Gasteiger partial charge in [-0.15, -0.1) is 11.3 Å². The summed E-state index contributed by atoms with van der Waals surface area (Å²) in [5.41, 5.74) is 0.278. The van der Waals surface area contributed by atoms with Gasteiger partial charge in [-0.05, 0) is 36.4 Å². The van der Waals surface area contributed by atoms with E-state index >= 15 is 0 Å². The summed E-state index contributed by atoms with van der Waals surface area (Å²) in [5.74, 6) is -1.09. The number of esters is 1. The number of thiophene rings is 1. The number of furan rings is 1. The molecule has 0 radical (unpaired) electrons. The summed E-state index contributed by atoms with van der Waals surface area (Å²) in [5, 5.41) is 3.10. The van der Waals surface area contributed by atoms with Crippen molar-refractivity contribution < 1.29 is 23.1 Å². The van der Waals surface area contributed by atoms with Crippen molar-refractivity contribution in [1.82, 2.24) is 0 Å². The molecule has 0 saturated carbocycles. The first-order valence-corrected chi connectivity index (χ1v) is 7.74. The standard InChI is InChI=1S/C17H12FNO4S/c1-22-17(21)14-8-9-15(24-14)19-16(20)13-7-6-12(23-13)10-4-2-3-5-11(10)18/h2-9H,1H3,(H,19,20). The van der Waals surface area contributed by atoms with Crippen molar-refractivity contribution >= 4 is 28.2 Å². The average Bonchev–Trinajstić information content (AvgIpc) is 3.24. The smallest absolute Gasteiger partial charge is 0.348 e. The maximum atomic E-state index is 13.7. The zero-order chi connectivity index (χ0) is 17.1. The number of hydrogen-bond acceptors (Lipinski definition) is 5. The molecule has 0 bridgehead atoms. The highest BCUT2D eigenvalue weighted by atomic mass is 32.1. The third-order valence-corrected chi connectivity index (χ3v) is 4.18. The number of anilines is 1. The number of amides is 1. The zero-order valence-electron chi connectivity index (χ0n) is 12.5. The minimum atomic E-state index is -0.490. The van der Waals surface area contributed by atoms with Crippen LogP contribution in [0, 0.1) is 5.82 Å². The molecule has 1 N–H and O–H groups in total. The first-order valence-electron chi connectivity index (χ1n) is 6.92. The number of carbonyl (C=O) groups is 2. The Balaban J connectivity index is 1.76. The van der Waals surface area contributed by atoms with E-state index in [1.54, 1.807) is 30.3 Å². The third kappa shape index (κ3) is 3.21. The normalized spacial score (nSPS) is 10.4. The molecular weight excluding hydrogens is 333 g/mol. The van der Waals surface area contributed by atoms with E-state index in [4.69, 9.17) is 4.42 Å². The molecule has 1 amide bonds. The molecule has 0 aliphatic carbocycles. The first-order chi connectivity index (χ1) is 11.6. The van der Waals surface area contributed by atoms with Gasteiger partial charge in [0.2, 0.25) is 0 Å². The number of hydrogen-bond donors (Lipinski definition) is 1. The molecule has 0 saturated heterocycles. The number of rotatable bonds is 4. The van der Waals surface area contributed by atoms with E-state index in [-0.39, 0.29) is 17.1 Å². The molecule has 2 aromatic heterocycles. The summed E-state index contributed by atoms with van der Waals surface area (Å²) in [4.78, 5) is 24.0. The Kier molecular flexibility index (Phi) is 4.43. The fraction of sp³-hybridized carbons (Fsp3) is 0.0588. The number of methoxy groups -OCH3 is 1. The molecule has 24 heavy (non-hydrogen) atoms. The predicted molar refractivity (Wildman–Crippen MR) is 87.7 cm³/mol. The van der Waals surface area contributed by atoms with E-state index in [9.17, 15) is 14.0 Å². The molecule has 1 aromatic carbocycles. The van der Waals surface area contributed by atoms with Crippen LogP contribution in [0.15, 0.2) is 52.9 Å². The van der Waals surface area contributed by atoms with Crippen molar-refractivity contribution in [3.8, 4) is 11.3 Å². The molecule has 0 spiro atoms. The monoisotopic (exact) mass is 345 g/mol. The van der Waals surface area contributed by atoms with Gasteiger partial charge in [0, 0.05) is 0 Å². The predicted octanol–water partition coefficient (Wildman–Crippen LogP) is 4.19. The highest BCUT2D eigenvalue weighted by Crippen LogP contribution is 2.26. The Morgan fingerprint density at radius 3 is 2.67 bits per heavy atom. The average molecular weight is 345 g/mol. The van der Waals surface area contributed by atoms with E-state index < -0.39 is 17.7 Å². The third-order valence-electron chi connectivity index (χ3n) is 3.20. The van der Waals surface area contributed by atoms with Gasteiger partial charge < -0.3 is 14.5 Å². The van der Waals surface area contributed by atoms with Crippen molar-refractivity contribution in [2.24, 2.45) is 0 Å². The van der Waals surface area contributed by atoms with E-state index in [1.807, 2.05) is 0 Å². The second kappa shape index (κ2) is 6.67. The molecule has 3 rings (SSSR count). The Bertz CT molecular complexity index is 899. The molecule has 5 nitrogen and oxygen atoms in total. The quantitative estimate of drug-likeness (QED) is 0.720. The summed E-state index contributed by atoms with van der Waals surface area (Å²) in [6.45, 7) is 0. The number of carbonyl (C=O) groups excluding carboxylic acids is 2. The van der Waals surface area contributed by atoms with Crippen LogP contribution >= 0.6 is 11.3 Å². The van der Waals surface area contributed by atoms with Crippen LogP contribution < -0.4 is 5.32 Å². The molecule has 7 heteroatoms. The van der Waals surface area contributed by atoms with E-state index in [0.717, 1.165) is 11.3 Å². The van der Waals surface area contributed by atoms with Gasteiger partial charge in [0.05, 0.1) is 17.7 Å². The van der Waals surface area contributed by atoms with Gasteiger partial charge in [-0.2, -0.15) is 0 Å². The van der Waals surface area contributed by atoms with E-state index in [0.29, 0.717) is 9.88 Å². The Labute approximate surface area is 140 Å². The minimum absolute atomic E-state index is 0.0428. The molecule has 2 heterocycles. The molecule has 122 valence electrons. The van der Waals surface area contributed by atoms with Crippen LogP contribution in [-0.2, 0) is 4.74 Å². The highest BCUT2D eigenvalue weighted by Gasteiger charge is 2.16. The van der Waals surface area contributed by atoms with Crippen LogP contribution in [0.3, 0.4) is 0 Å². The van der Waals surface area contributed by atoms with Crippen LogP contribution in [0.4, 0.5) is 9.39 Å². The fourth-order valence-electron chi connectivity index (χ4n) is 2.05. The lowest BCUT2D eigenvalue weighted by Crippen LogP contribution is -2.09. The summed E-state index contributed by atoms with van der Waals surface area (Å²) in [6.07, 6.45) is 0. The van der Waals surface area contributed by atoms with E-state index in [2.05, 4.69) is 10.1 Å². The van der Waals surface area contributed by atoms with E-state index in [1.165, 1.54) is 25.3 Å². The van der Waals surface area contributed by atoms with Crippen LogP contribution in [0.1, 0.15) is 20.2 Å². The number of halogens is 1. The van der Waals surface area contributed by atoms with Crippen molar-refractivity contribution in [2.45, 2.75) is 0 Å². The molecule has 3 aromatic rings. The fourth-order valence-corrected chi connectivity index (χ4v) is 2.87. The highest BCUT2D eigenvalue weighted by molar-refractivity contribution is 7.18.